The first-order valence-electron chi connectivity index (χ1n) is 6.07. The van der Waals surface area contributed by atoms with Crippen LogP contribution in [0.3, 0.4) is 0 Å². The Bertz CT molecular complexity index is 428. The van der Waals surface area contributed by atoms with E-state index in [1.807, 2.05) is 24.4 Å². The SMILES string of the molecule is CCC.OCCOCc1c[nH]c2ccccc12.[HH]. The first-order valence-corrected chi connectivity index (χ1v) is 6.07. The van der Waals surface area contributed by atoms with Crippen molar-refractivity contribution in [3.63, 3.8) is 0 Å². The van der Waals surface area contributed by atoms with Gasteiger partial charge in [0.25, 0.3) is 0 Å². The van der Waals surface area contributed by atoms with Gasteiger partial charge in [-0.1, -0.05) is 38.5 Å². The molecule has 0 saturated heterocycles. The fourth-order valence-electron chi connectivity index (χ4n) is 1.50. The van der Waals surface area contributed by atoms with E-state index in [1.165, 1.54) is 11.8 Å². The molecule has 96 valence electrons. The first-order chi connectivity index (χ1) is 8.33. The molecule has 3 heteroatoms. The predicted octanol–water partition coefficient (Wildman–Crippen LogP) is 3.34. The number of rotatable bonds is 4. The molecule has 1 aromatic heterocycles. The van der Waals surface area contributed by atoms with Crippen molar-refractivity contribution in [1.82, 2.24) is 4.98 Å². The number of aromatic nitrogens is 1. The van der Waals surface area contributed by atoms with Gasteiger partial charge in [-0.2, -0.15) is 0 Å². The van der Waals surface area contributed by atoms with Gasteiger partial charge in [-0.25, -0.2) is 0 Å². The van der Waals surface area contributed by atoms with Crippen LogP contribution in [0.1, 0.15) is 27.3 Å². The lowest BCUT2D eigenvalue weighted by molar-refractivity contribution is 0.0822. The minimum atomic E-state index is 0. The Morgan fingerprint density at radius 1 is 1.29 bits per heavy atom. The summed E-state index contributed by atoms with van der Waals surface area (Å²) in [7, 11) is 0. The van der Waals surface area contributed by atoms with Gasteiger partial charge in [-0.05, 0) is 6.07 Å². The van der Waals surface area contributed by atoms with E-state index < -0.39 is 0 Å². The lowest BCUT2D eigenvalue weighted by Gasteiger charge is -1.99. The molecule has 17 heavy (non-hydrogen) atoms. The van der Waals surface area contributed by atoms with Gasteiger partial charge >= 0.3 is 0 Å². The van der Waals surface area contributed by atoms with Crippen LogP contribution in [0.15, 0.2) is 30.5 Å². The zero-order chi connectivity index (χ0) is 12.5. The molecule has 0 fully saturated rings. The Morgan fingerprint density at radius 3 is 2.71 bits per heavy atom. The van der Waals surface area contributed by atoms with E-state index in [9.17, 15) is 0 Å². The van der Waals surface area contributed by atoms with Gasteiger partial charge in [0.05, 0.1) is 19.8 Å². The molecule has 0 spiro atoms. The van der Waals surface area contributed by atoms with E-state index >= 15 is 0 Å². The van der Waals surface area contributed by atoms with Gasteiger partial charge in [0.15, 0.2) is 0 Å². The van der Waals surface area contributed by atoms with Gasteiger partial charge < -0.3 is 14.8 Å². The van der Waals surface area contributed by atoms with Gasteiger partial charge in [-0.15, -0.1) is 0 Å². The summed E-state index contributed by atoms with van der Waals surface area (Å²) in [6.07, 6.45) is 3.20. The standard InChI is InChI=1S/C11H13NO2.C3H8.H2/c13-5-6-14-8-9-7-12-11-4-2-1-3-10(9)11;1-3-2;/h1-4,7,12-13H,5-6,8H2;3H2,1-2H3;1H. The monoisotopic (exact) mass is 237 g/mol. The van der Waals surface area contributed by atoms with Crippen molar-refractivity contribution >= 4 is 10.9 Å². The van der Waals surface area contributed by atoms with E-state index in [0.29, 0.717) is 13.2 Å². The Hall–Kier alpha value is -1.32. The second-order valence-corrected chi connectivity index (χ2v) is 3.84. The highest BCUT2D eigenvalue weighted by Crippen LogP contribution is 2.17. The van der Waals surface area contributed by atoms with Crippen LogP contribution in [0.4, 0.5) is 0 Å². The fourth-order valence-corrected chi connectivity index (χ4v) is 1.50. The van der Waals surface area contributed by atoms with Crippen LogP contribution in [-0.4, -0.2) is 23.3 Å². The Labute approximate surface area is 104 Å². The van der Waals surface area contributed by atoms with Gasteiger partial charge in [0.2, 0.25) is 0 Å². The summed E-state index contributed by atoms with van der Waals surface area (Å²) >= 11 is 0. The number of fused-ring (bicyclic) bond motifs is 1. The normalized spacial score (nSPS) is 10.1. The van der Waals surface area contributed by atoms with E-state index in [0.717, 1.165) is 11.1 Å². The number of hydrogen-bond donors (Lipinski definition) is 2. The van der Waals surface area contributed by atoms with Gasteiger partial charge in [0.1, 0.15) is 0 Å². The third kappa shape index (κ3) is 4.21. The van der Waals surface area contributed by atoms with Crippen molar-refractivity contribution in [2.75, 3.05) is 13.2 Å². The van der Waals surface area contributed by atoms with E-state index in [2.05, 4.69) is 24.9 Å². The zero-order valence-electron chi connectivity index (χ0n) is 10.6. The van der Waals surface area contributed by atoms with Crippen LogP contribution < -0.4 is 0 Å². The molecule has 0 radical (unpaired) electrons. The van der Waals surface area contributed by atoms with Crippen LogP contribution >= 0.6 is 0 Å². The first kappa shape index (κ1) is 13.7. The molecular weight excluding hydrogens is 214 g/mol. The van der Waals surface area contributed by atoms with Crippen LogP contribution in [0.25, 0.3) is 10.9 Å². The summed E-state index contributed by atoms with van der Waals surface area (Å²) < 4.78 is 5.27. The van der Waals surface area contributed by atoms with Crippen molar-refractivity contribution < 1.29 is 11.3 Å². The quantitative estimate of drug-likeness (QED) is 0.801. The molecule has 0 aliphatic rings. The number of aromatic amines is 1. The topological polar surface area (TPSA) is 45.2 Å². The second kappa shape index (κ2) is 7.87. The average Bonchev–Trinajstić information content (AvgIpc) is 2.74. The lowest BCUT2D eigenvalue weighted by atomic mass is 10.2. The van der Waals surface area contributed by atoms with E-state index in [-0.39, 0.29) is 8.03 Å². The fraction of sp³-hybridized carbons (Fsp3) is 0.429. The number of aliphatic hydroxyl groups excluding tert-OH is 1. The molecule has 3 nitrogen and oxygen atoms in total. The van der Waals surface area contributed by atoms with E-state index in [1.54, 1.807) is 0 Å². The highest BCUT2D eigenvalue weighted by Gasteiger charge is 2.01. The largest absolute Gasteiger partial charge is 0.394 e. The second-order valence-electron chi connectivity index (χ2n) is 3.84. The third-order valence-corrected chi connectivity index (χ3v) is 2.17. The predicted molar refractivity (Wildman–Crippen MR) is 73.1 cm³/mol. The molecule has 0 unspecified atom stereocenters. The smallest absolute Gasteiger partial charge is 0.0738 e. The summed E-state index contributed by atoms with van der Waals surface area (Å²) in [5, 5.41) is 9.76. The van der Waals surface area contributed by atoms with Crippen LogP contribution in [0.5, 0.6) is 0 Å². The maximum atomic E-state index is 8.58. The third-order valence-electron chi connectivity index (χ3n) is 2.17. The molecule has 0 amide bonds. The van der Waals surface area contributed by atoms with Crippen LogP contribution in [-0.2, 0) is 11.3 Å². The van der Waals surface area contributed by atoms with Crippen molar-refractivity contribution in [3.05, 3.63) is 36.0 Å². The van der Waals surface area contributed by atoms with E-state index in [4.69, 9.17) is 9.84 Å². The Balaban J connectivity index is 0.000000660. The van der Waals surface area contributed by atoms with Crippen molar-refractivity contribution in [2.24, 2.45) is 0 Å². The number of hydrogen-bond acceptors (Lipinski definition) is 2. The highest BCUT2D eigenvalue weighted by molar-refractivity contribution is 5.82. The van der Waals surface area contributed by atoms with Crippen molar-refractivity contribution in [3.8, 4) is 0 Å². The number of nitrogens with one attached hydrogen (secondary N) is 1. The van der Waals surface area contributed by atoms with Gasteiger partial charge in [0, 0.05) is 24.1 Å². The Kier molecular flexibility index (Phi) is 6.37. The maximum Gasteiger partial charge on any atom is 0.0738 e. The highest BCUT2D eigenvalue weighted by atomic mass is 16.5. The number of H-pyrrole nitrogens is 1. The molecule has 0 aliphatic carbocycles. The van der Waals surface area contributed by atoms with Crippen molar-refractivity contribution in [1.29, 1.82) is 0 Å². The molecule has 1 heterocycles. The maximum absolute atomic E-state index is 8.58. The number of ether oxygens (including phenoxy) is 1. The minimum absolute atomic E-state index is 0. The summed E-state index contributed by atoms with van der Waals surface area (Å²) in [4.78, 5) is 3.17. The summed E-state index contributed by atoms with van der Waals surface area (Å²) in [5.41, 5.74) is 2.25. The summed E-state index contributed by atoms with van der Waals surface area (Å²) in [6, 6.07) is 8.09. The van der Waals surface area contributed by atoms with Crippen LogP contribution in [0.2, 0.25) is 0 Å². The molecule has 0 saturated carbocycles. The average molecular weight is 237 g/mol. The molecule has 2 N–H and O–H groups in total. The number of benzene rings is 1. The molecule has 0 bridgehead atoms. The van der Waals surface area contributed by atoms with Crippen molar-refractivity contribution in [2.45, 2.75) is 26.9 Å². The molecule has 0 atom stereocenters. The number of aliphatic hydroxyl groups is 1. The van der Waals surface area contributed by atoms with Crippen LogP contribution in [0, 0.1) is 0 Å². The zero-order valence-corrected chi connectivity index (χ0v) is 10.6. The molecule has 2 aromatic rings. The van der Waals surface area contributed by atoms with Gasteiger partial charge in [-0.3, -0.25) is 0 Å². The molecule has 2 rings (SSSR count). The Morgan fingerprint density at radius 2 is 2.00 bits per heavy atom. The summed E-state index contributed by atoms with van der Waals surface area (Å²) in [6.45, 7) is 5.26. The number of para-hydroxylation sites is 1. The lowest BCUT2D eigenvalue weighted by Crippen LogP contribution is -1.98. The molecule has 0 aliphatic heterocycles. The molecular formula is C14H23NO2. The minimum Gasteiger partial charge on any atom is -0.394 e. The summed E-state index contributed by atoms with van der Waals surface area (Å²) in [5.74, 6) is 0. The molecule has 1 aromatic carbocycles.